The van der Waals surface area contributed by atoms with Gasteiger partial charge in [0.15, 0.2) is 0 Å². The monoisotopic (exact) mass is 391 g/mol. The molecule has 28 heavy (non-hydrogen) atoms. The summed E-state index contributed by atoms with van der Waals surface area (Å²) >= 11 is 0. The van der Waals surface area contributed by atoms with Gasteiger partial charge in [-0.05, 0) is 43.7 Å². The third-order valence-corrected chi connectivity index (χ3v) is 5.16. The molecule has 1 amide bonds. The van der Waals surface area contributed by atoms with E-state index in [4.69, 9.17) is 0 Å². The molecule has 7 heteroatoms. The zero-order valence-corrected chi connectivity index (χ0v) is 16.0. The summed E-state index contributed by atoms with van der Waals surface area (Å²) in [6.07, 6.45) is -4.43. The van der Waals surface area contributed by atoms with Gasteiger partial charge in [0, 0.05) is 37.6 Å². The van der Waals surface area contributed by atoms with Crippen LogP contribution in [-0.2, 0) is 11.0 Å². The first kappa shape index (κ1) is 20.2. The van der Waals surface area contributed by atoms with Gasteiger partial charge in [0.05, 0.1) is 11.6 Å². The zero-order chi connectivity index (χ0) is 20.3. The van der Waals surface area contributed by atoms with Gasteiger partial charge in [-0.1, -0.05) is 24.3 Å². The Morgan fingerprint density at radius 1 is 1.04 bits per heavy atom. The number of hydrogen-bond acceptors (Lipinski definition) is 3. The van der Waals surface area contributed by atoms with Crippen LogP contribution in [0, 0.1) is 6.92 Å². The number of para-hydroxylation sites is 1. The highest BCUT2D eigenvalue weighted by atomic mass is 19.4. The normalized spacial score (nSPS) is 16.7. The van der Waals surface area contributed by atoms with E-state index >= 15 is 0 Å². The fraction of sp³-hybridized carbons (Fsp3) is 0.381. The third-order valence-electron chi connectivity index (χ3n) is 5.16. The van der Waals surface area contributed by atoms with Crippen LogP contribution >= 0.6 is 0 Å². The Morgan fingerprint density at radius 3 is 2.36 bits per heavy atom. The highest BCUT2D eigenvalue weighted by Crippen LogP contribution is 2.30. The van der Waals surface area contributed by atoms with Crippen LogP contribution in [0.15, 0.2) is 48.5 Å². The largest absolute Gasteiger partial charge is 0.416 e. The van der Waals surface area contributed by atoms with E-state index in [0.29, 0.717) is 13.1 Å². The number of carbonyl (C=O) groups excluding carboxylic acids is 1. The Labute approximate surface area is 162 Å². The number of anilines is 2. The van der Waals surface area contributed by atoms with Gasteiger partial charge >= 0.3 is 6.18 Å². The minimum Gasteiger partial charge on any atom is -0.369 e. The molecule has 1 N–H and O–H groups in total. The molecule has 0 bridgehead atoms. The summed E-state index contributed by atoms with van der Waals surface area (Å²) in [5.74, 6) is -0.302. The van der Waals surface area contributed by atoms with Crippen molar-refractivity contribution >= 4 is 17.3 Å². The van der Waals surface area contributed by atoms with Crippen molar-refractivity contribution in [2.75, 3.05) is 36.4 Å². The number of aryl methyl sites for hydroxylation is 1. The van der Waals surface area contributed by atoms with Crippen molar-refractivity contribution in [3.8, 4) is 0 Å². The highest BCUT2D eigenvalue weighted by Gasteiger charge is 2.31. The molecule has 1 aliphatic heterocycles. The summed E-state index contributed by atoms with van der Waals surface area (Å²) < 4.78 is 38.5. The minimum absolute atomic E-state index is 0.158. The molecule has 0 radical (unpaired) electrons. The molecule has 1 heterocycles. The van der Waals surface area contributed by atoms with E-state index in [0.717, 1.165) is 25.2 Å². The van der Waals surface area contributed by atoms with Gasteiger partial charge in [-0.25, -0.2) is 0 Å². The van der Waals surface area contributed by atoms with Gasteiger partial charge in [-0.15, -0.1) is 0 Å². The van der Waals surface area contributed by atoms with Crippen LogP contribution in [-0.4, -0.2) is 43.0 Å². The summed E-state index contributed by atoms with van der Waals surface area (Å²) in [4.78, 5) is 16.9. The average Bonchev–Trinajstić information content (AvgIpc) is 2.67. The Hall–Kier alpha value is -2.54. The minimum atomic E-state index is -4.43. The summed E-state index contributed by atoms with van der Waals surface area (Å²) in [5, 5.41) is 2.61. The highest BCUT2D eigenvalue weighted by molar-refractivity contribution is 5.94. The first-order valence-corrected chi connectivity index (χ1v) is 9.28. The number of nitrogens with one attached hydrogen (secondary N) is 1. The molecule has 0 spiro atoms. The quantitative estimate of drug-likeness (QED) is 0.850. The van der Waals surface area contributed by atoms with E-state index in [9.17, 15) is 18.0 Å². The molecule has 0 aliphatic carbocycles. The van der Waals surface area contributed by atoms with E-state index in [-0.39, 0.29) is 11.6 Å². The van der Waals surface area contributed by atoms with E-state index in [2.05, 4.69) is 34.2 Å². The van der Waals surface area contributed by atoms with E-state index < -0.39 is 17.8 Å². The van der Waals surface area contributed by atoms with Gasteiger partial charge in [-0.3, -0.25) is 9.69 Å². The summed E-state index contributed by atoms with van der Waals surface area (Å²) in [6, 6.07) is 12.5. The molecule has 150 valence electrons. The Bertz CT molecular complexity index is 830. The van der Waals surface area contributed by atoms with E-state index in [1.807, 2.05) is 12.1 Å². The molecule has 0 aromatic heterocycles. The molecule has 3 rings (SSSR count). The van der Waals surface area contributed by atoms with Crippen LogP contribution in [0.25, 0.3) is 0 Å². The predicted molar refractivity (Wildman–Crippen MR) is 105 cm³/mol. The Balaban J connectivity index is 1.59. The number of piperazine rings is 1. The van der Waals surface area contributed by atoms with Crippen LogP contribution < -0.4 is 10.2 Å². The number of nitrogens with zero attached hydrogens (tertiary/aromatic N) is 2. The van der Waals surface area contributed by atoms with Crippen LogP contribution in [0.1, 0.15) is 18.1 Å². The third kappa shape index (κ3) is 4.65. The molecule has 0 unspecified atom stereocenters. The maximum Gasteiger partial charge on any atom is 0.416 e. The number of halogens is 3. The van der Waals surface area contributed by atoms with Gasteiger partial charge in [0.25, 0.3) is 0 Å². The van der Waals surface area contributed by atoms with Crippen molar-refractivity contribution in [3.05, 3.63) is 59.7 Å². The van der Waals surface area contributed by atoms with Crippen molar-refractivity contribution in [1.82, 2.24) is 4.90 Å². The van der Waals surface area contributed by atoms with Crippen LogP contribution in [0.2, 0.25) is 0 Å². The Kier molecular flexibility index (Phi) is 5.93. The Morgan fingerprint density at radius 2 is 1.71 bits per heavy atom. The van der Waals surface area contributed by atoms with Crippen LogP contribution in [0.3, 0.4) is 0 Å². The maximum absolute atomic E-state index is 12.8. The molecule has 1 aliphatic rings. The lowest BCUT2D eigenvalue weighted by atomic mass is 10.1. The smallest absolute Gasteiger partial charge is 0.369 e. The van der Waals surface area contributed by atoms with Gasteiger partial charge in [0.2, 0.25) is 5.91 Å². The second-order valence-corrected chi connectivity index (χ2v) is 7.05. The first-order chi connectivity index (χ1) is 13.3. The summed E-state index contributed by atoms with van der Waals surface area (Å²) in [6.45, 7) is 6.88. The second-order valence-electron chi connectivity index (χ2n) is 7.05. The molecule has 0 saturated carbocycles. The molecule has 4 nitrogen and oxygen atoms in total. The molecular formula is C21H24F3N3O. The number of carbonyl (C=O) groups is 1. The molecular weight excluding hydrogens is 367 g/mol. The standard InChI is InChI=1S/C21H24F3N3O/c1-15-6-3-4-9-19(15)27-12-10-26(11-13-27)16(2)20(28)25-18-8-5-7-17(14-18)21(22,23)24/h3-9,14,16H,10-13H2,1-2H3,(H,25,28)/t16-/m1/s1. The number of hydrogen-bond donors (Lipinski definition) is 1. The topological polar surface area (TPSA) is 35.6 Å². The van der Waals surface area contributed by atoms with Crippen molar-refractivity contribution in [2.45, 2.75) is 26.1 Å². The summed E-state index contributed by atoms with van der Waals surface area (Å²) in [5.41, 5.74) is 1.80. The van der Waals surface area contributed by atoms with E-state index in [1.165, 1.54) is 23.4 Å². The van der Waals surface area contributed by atoms with E-state index in [1.54, 1.807) is 6.92 Å². The number of benzene rings is 2. The molecule has 1 fully saturated rings. The molecule has 1 atom stereocenters. The number of alkyl halides is 3. The number of rotatable bonds is 4. The molecule has 2 aromatic carbocycles. The van der Waals surface area contributed by atoms with Gasteiger partial charge in [-0.2, -0.15) is 13.2 Å². The lowest BCUT2D eigenvalue weighted by Gasteiger charge is -2.39. The lowest BCUT2D eigenvalue weighted by molar-refractivity contribution is -0.137. The summed E-state index contributed by atoms with van der Waals surface area (Å²) in [7, 11) is 0. The second kappa shape index (κ2) is 8.22. The van der Waals surface area contributed by atoms with Gasteiger partial charge in [0.1, 0.15) is 0 Å². The van der Waals surface area contributed by atoms with Crippen molar-refractivity contribution < 1.29 is 18.0 Å². The zero-order valence-electron chi connectivity index (χ0n) is 16.0. The predicted octanol–water partition coefficient (Wildman–Crippen LogP) is 4.16. The molecule has 2 aromatic rings. The maximum atomic E-state index is 12.8. The fourth-order valence-electron chi connectivity index (χ4n) is 3.45. The van der Waals surface area contributed by atoms with Crippen LogP contribution in [0.5, 0.6) is 0 Å². The number of amides is 1. The van der Waals surface area contributed by atoms with Crippen molar-refractivity contribution in [3.63, 3.8) is 0 Å². The lowest BCUT2D eigenvalue weighted by Crippen LogP contribution is -2.53. The fourth-order valence-corrected chi connectivity index (χ4v) is 3.45. The average molecular weight is 391 g/mol. The SMILES string of the molecule is Cc1ccccc1N1CCN([C@H](C)C(=O)Nc2cccc(C(F)(F)F)c2)CC1. The van der Waals surface area contributed by atoms with Crippen molar-refractivity contribution in [1.29, 1.82) is 0 Å². The van der Waals surface area contributed by atoms with Gasteiger partial charge < -0.3 is 10.2 Å². The molecule has 1 saturated heterocycles. The van der Waals surface area contributed by atoms with Crippen LogP contribution in [0.4, 0.5) is 24.5 Å². The van der Waals surface area contributed by atoms with Crippen molar-refractivity contribution in [2.24, 2.45) is 0 Å². The first-order valence-electron chi connectivity index (χ1n) is 9.28.